The van der Waals surface area contributed by atoms with Gasteiger partial charge >= 0.3 is 5.97 Å². The molecule has 0 aromatic heterocycles. The topological polar surface area (TPSA) is 87.7 Å². The summed E-state index contributed by atoms with van der Waals surface area (Å²) in [5.74, 6) is -0.694. The van der Waals surface area contributed by atoms with Crippen molar-refractivity contribution in [2.24, 2.45) is 0 Å². The van der Waals surface area contributed by atoms with E-state index in [1.807, 2.05) is 24.3 Å². The molecule has 0 aliphatic heterocycles. The first kappa shape index (κ1) is 19.8. The first-order valence-corrected chi connectivity index (χ1v) is 8.50. The molecule has 2 aromatic carbocycles. The van der Waals surface area contributed by atoms with Crippen LogP contribution in [0.1, 0.15) is 12.0 Å². The number of benzene rings is 2. The molecule has 0 aliphatic rings. The van der Waals surface area contributed by atoms with Gasteiger partial charge in [-0.25, -0.2) is 0 Å². The number of carbonyl (C=O) groups is 2. The molecular formula is C19H21ClN2O4. The van der Waals surface area contributed by atoms with Crippen molar-refractivity contribution in [2.75, 3.05) is 19.0 Å². The third-order valence-electron chi connectivity index (χ3n) is 3.76. The van der Waals surface area contributed by atoms with Crippen molar-refractivity contribution in [1.29, 1.82) is 0 Å². The number of hydrogen-bond donors (Lipinski definition) is 3. The SMILES string of the molecule is COc1ccc(CCN[C@@H](CC(=O)Nc2cccc(Cl)c2)C(=O)O)cc1. The van der Waals surface area contributed by atoms with Crippen molar-refractivity contribution >= 4 is 29.2 Å². The highest BCUT2D eigenvalue weighted by molar-refractivity contribution is 6.30. The molecule has 0 bridgehead atoms. The summed E-state index contributed by atoms with van der Waals surface area (Å²) in [5, 5.41) is 15.4. The van der Waals surface area contributed by atoms with Crippen molar-refractivity contribution in [2.45, 2.75) is 18.9 Å². The zero-order valence-corrected chi connectivity index (χ0v) is 15.1. The Hall–Kier alpha value is -2.57. The van der Waals surface area contributed by atoms with Gasteiger partial charge in [0.05, 0.1) is 13.5 Å². The lowest BCUT2D eigenvalue weighted by molar-refractivity contribution is -0.141. The van der Waals surface area contributed by atoms with Crippen LogP contribution < -0.4 is 15.4 Å². The molecule has 26 heavy (non-hydrogen) atoms. The second-order valence-electron chi connectivity index (χ2n) is 5.71. The number of halogens is 1. The Labute approximate surface area is 157 Å². The minimum absolute atomic E-state index is 0.176. The van der Waals surface area contributed by atoms with Crippen LogP contribution in [0.4, 0.5) is 5.69 Å². The molecule has 6 nitrogen and oxygen atoms in total. The quantitative estimate of drug-likeness (QED) is 0.626. The molecule has 0 aliphatic carbocycles. The molecule has 1 atom stereocenters. The van der Waals surface area contributed by atoms with Gasteiger partial charge in [0.15, 0.2) is 0 Å². The van der Waals surface area contributed by atoms with E-state index in [2.05, 4.69) is 10.6 Å². The molecule has 0 radical (unpaired) electrons. The summed E-state index contributed by atoms with van der Waals surface area (Å²) in [6.45, 7) is 0.438. The Bertz CT molecular complexity index is 749. The lowest BCUT2D eigenvalue weighted by atomic mass is 10.1. The van der Waals surface area contributed by atoms with Crippen LogP contribution >= 0.6 is 11.6 Å². The highest BCUT2D eigenvalue weighted by Gasteiger charge is 2.20. The fourth-order valence-electron chi connectivity index (χ4n) is 2.39. The number of aliphatic carboxylic acids is 1. The van der Waals surface area contributed by atoms with Crippen LogP contribution in [0, 0.1) is 0 Å². The summed E-state index contributed by atoms with van der Waals surface area (Å²) in [4.78, 5) is 23.5. The second-order valence-corrected chi connectivity index (χ2v) is 6.14. The first-order valence-electron chi connectivity index (χ1n) is 8.12. The summed E-state index contributed by atoms with van der Waals surface area (Å²) in [6.07, 6.45) is 0.466. The van der Waals surface area contributed by atoms with Crippen LogP contribution in [-0.2, 0) is 16.0 Å². The summed E-state index contributed by atoms with van der Waals surface area (Å²) in [5.41, 5.74) is 1.58. The highest BCUT2D eigenvalue weighted by Crippen LogP contribution is 2.15. The number of anilines is 1. The van der Waals surface area contributed by atoms with Crippen molar-refractivity contribution in [3.05, 3.63) is 59.1 Å². The van der Waals surface area contributed by atoms with Gasteiger partial charge in [0, 0.05) is 10.7 Å². The van der Waals surface area contributed by atoms with Gasteiger partial charge in [-0.05, 0) is 48.9 Å². The lowest BCUT2D eigenvalue weighted by Crippen LogP contribution is -2.40. The van der Waals surface area contributed by atoms with Gasteiger partial charge in [-0.2, -0.15) is 0 Å². The van der Waals surface area contributed by atoms with Gasteiger partial charge in [0.2, 0.25) is 5.91 Å². The molecule has 2 aromatic rings. The minimum atomic E-state index is -1.07. The minimum Gasteiger partial charge on any atom is -0.497 e. The van der Waals surface area contributed by atoms with Crippen LogP contribution in [0.15, 0.2) is 48.5 Å². The smallest absolute Gasteiger partial charge is 0.321 e. The monoisotopic (exact) mass is 376 g/mol. The fraction of sp³-hybridized carbons (Fsp3) is 0.263. The number of rotatable bonds is 9. The average Bonchev–Trinajstić information content (AvgIpc) is 2.61. The lowest BCUT2D eigenvalue weighted by Gasteiger charge is -2.14. The molecule has 2 rings (SSSR count). The van der Waals surface area contributed by atoms with E-state index in [4.69, 9.17) is 16.3 Å². The molecule has 0 saturated heterocycles. The zero-order valence-electron chi connectivity index (χ0n) is 14.4. The predicted molar refractivity (Wildman–Crippen MR) is 101 cm³/mol. The van der Waals surface area contributed by atoms with Crippen molar-refractivity contribution < 1.29 is 19.4 Å². The number of hydrogen-bond acceptors (Lipinski definition) is 4. The molecule has 0 unspecified atom stereocenters. The number of amides is 1. The van der Waals surface area contributed by atoms with E-state index in [0.717, 1.165) is 11.3 Å². The van der Waals surface area contributed by atoms with Crippen LogP contribution in [0.3, 0.4) is 0 Å². The normalized spacial score (nSPS) is 11.6. The maximum Gasteiger partial charge on any atom is 0.321 e. The van der Waals surface area contributed by atoms with Gasteiger partial charge < -0.3 is 20.5 Å². The summed E-state index contributed by atoms with van der Waals surface area (Å²) in [6, 6.07) is 13.3. The van der Waals surface area contributed by atoms with Gasteiger partial charge in [-0.15, -0.1) is 0 Å². The summed E-state index contributed by atoms with van der Waals surface area (Å²) >= 11 is 5.86. The van der Waals surface area contributed by atoms with E-state index in [-0.39, 0.29) is 6.42 Å². The third-order valence-corrected chi connectivity index (χ3v) is 3.99. The molecule has 7 heteroatoms. The van der Waals surface area contributed by atoms with Crippen LogP contribution in [0.25, 0.3) is 0 Å². The van der Waals surface area contributed by atoms with Crippen LogP contribution in [0.5, 0.6) is 5.75 Å². The van der Waals surface area contributed by atoms with Crippen molar-refractivity contribution in [3.8, 4) is 5.75 Å². The summed E-state index contributed by atoms with van der Waals surface area (Å²) < 4.78 is 5.10. The molecule has 0 saturated carbocycles. The number of ether oxygens (including phenoxy) is 1. The Morgan fingerprint density at radius 3 is 2.54 bits per heavy atom. The molecule has 0 fully saturated rings. The predicted octanol–water partition coefficient (Wildman–Crippen LogP) is 2.96. The Balaban J connectivity index is 1.83. The number of carboxylic acid groups (broad SMARTS) is 1. The molecule has 0 spiro atoms. The maximum atomic E-state index is 12.1. The number of methoxy groups -OCH3 is 1. The van der Waals surface area contributed by atoms with E-state index in [0.29, 0.717) is 23.7 Å². The van der Waals surface area contributed by atoms with Crippen LogP contribution in [-0.4, -0.2) is 36.7 Å². The first-order chi connectivity index (χ1) is 12.5. The van der Waals surface area contributed by atoms with Crippen molar-refractivity contribution in [3.63, 3.8) is 0 Å². The van der Waals surface area contributed by atoms with E-state index < -0.39 is 17.9 Å². The number of carbonyl (C=O) groups excluding carboxylic acids is 1. The average molecular weight is 377 g/mol. The van der Waals surface area contributed by atoms with Gasteiger partial charge in [0.1, 0.15) is 11.8 Å². The van der Waals surface area contributed by atoms with E-state index in [9.17, 15) is 14.7 Å². The van der Waals surface area contributed by atoms with Gasteiger partial charge in [-0.1, -0.05) is 29.8 Å². The molecule has 0 heterocycles. The van der Waals surface area contributed by atoms with E-state index in [1.165, 1.54) is 0 Å². The molecule has 3 N–H and O–H groups in total. The second kappa shape index (κ2) is 9.79. The van der Waals surface area contributed by atoms with Gasteiger partial charge in [0.25, 0.3) is 0 Å². The third kappa shape index (κ3) is 6.38. The Morgan fingerprint density at radius 1 is 1.19 bits per heavy atom. The molecule has 1 amide bonds. The highest BCUT2D eigenvalue weighted by atomic mass is 35.5. The largest absolute Gasteiger partial charge is 0.497 e. The molecule has 138 valence electrons. The Kier molecular flexibility index (Phi) is 7.44. The number of nitrogens with one attached hydrogen (secondary N) is 2. The van der Waals surface area contributed by atoms with Gasteiger partial charge in [-0.3, -0.25) is 9.59 Å². The maximum absolute atomic E-state index is 12.1. The fourth-order valence-corrected chi connectivity index (χ4v) is 2.58. The van der Waals surface area contributed by atoms with E-state index >= 15 is 0 Å². The summed E-state index contributed by atoms with van der Waals surface area (Å²) in [7, 11) is 1.60. The zero-order chi connectivity index (χ0) is 18.9. The van der Waals surface area contributed by atoms with Crippen molar-refractivity contribution in [1.82, 2.24) is 5.32 Å². The Morgan fingerprint density at radius 2 is 1.92 bits per heavy atom. The standard InChI is InChI=1S/C19H21ClN2O4/c1-26-16-7-5-13(6-8-16)9-10-21-17(19(24)25)12-18(23)22-15-4-2-3-14(20)11-15/h2-8,11,17,21H,9-10,12H2,1H3,(H,22,23)(H,24,25)/t17-/m0/s1. The number of carboxylic acids is 1. The molecular weight excluding hydrogens is 356 g/mol. The van der Waals surface area contributed by atoms with E-state index in [1.54, 1.807) is 31.4 Å². The van der Waals surface area contributed by atoms with Crippen LogP contribution in [0.2, 0.25) is 5.02 Å².